The maximum atomic E-state index is 12.9. The molecule has 0 bridgehead atoms. The van der Waals surface area contributed by atoms with E-state index in [-0.39, 0.29) is 31.1 Å². The predicted octanol–water partition coefficient (Wildman–Crippen LogP) is 20.9. The molecule has 416 valence electrons. The third kappa shape index (κ3) is 57.7. The minimum absolute atomic E-state index is 0.0894. The Bertz CT molecular complexity index is 1340. The van der Waals surface area contributed by atoms with Crippen molar-refractivity contribution in [2.24, 2.45) is 0 Å². The molecule has 0 N–H and O–H groups in total. The Balaban J connectivity index is 4.36. The number of unbranched alkanes of at least 4 members (excludes halogenated alkanes) is 33. The topological polar surface area (TPSA) is 78.9 Å². The summed E-state index contributed by atoms with van der Waals surface area (Å²) in [6.45, 7) is 6.50. The average molecular weight is 1010 g/mol. The molecule has 6 nitrogen and oxygen atoms in total. The molecular formula is C66H116O6. The van der Waals surface area contributed by atoms with E-state index in [1.807, 2.05) is 0 Å². The second kappa shape index (κ2) is 60.4. The molecule has 0 rings (SSSR count). The van der Waals surface area contributed by atoms with Crippen molar-refractivity contribution < 1.29 is 28.6 Å². The molecule has 0 spiro atoms. The second-order valence-electron chi connectivity index (χ2n) is 20.6. The fraction of sp³-hybridized carbons (Fsp3) is 0.773. The lowest BCUT2D eigenvalue weighted by molar-refractivity contribution is -0.167. The van der Waals surface area contributed by atoms with E-state index < -0.39 is 6.10 Å². The van der Waals surface area contributed by atoms with Gasteiger partial charge >= 0.3 is 17.9 Å². The maximum absolute atomic E-state index is 12.9. The molecule has 0 heterocycles. The first-order valence-electron chi connectivity index (χ1n) is 30.9. The van der Waals surface area contributed by atoms with Crippen LogP contribution in [-0.4, -0.2) is 37.2 Å². The number of esters is 3. The van der Waals surface area contributed by atoms with Gasteiger partial charge in [0.25, 0.3) is 0 Å². The van der Waals surface area contributed by atoms with Crippen LogP contribution in [0.1, 0.15) is 310 Å². The number of carbonyl (C=O) groups is 3. The molecule has 0 aliphatic carbocycles. The Morgan fingerprint density at radius 3 is 0.903 bits per heavy atom. The number of allylic oxidation sites excluding steroid dienone is 12. The number of carbonyl (C=O) groups excluding carboxylic acids is 3. The van der Waals surface area contributed by atoms with Crippen molar-refractivity contribution in [1.82, 2.24) is 0 Å². The molecule has 0 aromatic heterocycles. The minimum Gasteiger partial charge on any atom is -0.462 e. The summed E-state index contributed by atoms with van der Waals surface area (Å²) in [6, 6.07) is 0. The van der Waals surface area contributed by atoms with Gasteiger partial charge < -0.3 is 14.2 Å². The van der Waals surface area contributed by atoms with E-state index in [1.165, 1.54) is 173 Å². The van der Waals surface area contributed by atoms with Gasteiger partial charge in [0.2, 0.25) is 0 Å². The molecule has 0 aliphatic rings. The minimum atomic E-state index is -0.796. The van der Waals surface area contributed by atoms with E-state index in [0.29, 0.717) is 19.3 Å². The Morgan fingerprint density at radius 2 is 0.542 bits per heavy atom. The molecule has 1 atom stereocenters. The van der Waals surface area contributed by atoms with Gasteiger partial charge in [-0.3, -0.25) is 14.4 Å². The van der Waals surface area contributed by atoms with Crippen molar-refractivity contribution in [2.75, 3.05) is 13.2 Å². The maximum Gasteiger partial charge on any atom is 0.306 e. The molecule has 0 saturated heterocycles. The average Bonchev–Trinajstić information content (AvgIpc) is 3.38. The van der Waals surface area contributed by atoms with Crippen molar-refractivity contribution >= 4 is 17.9 Å². The summed E-state index contributed by atoms with van der Waals surface area (Å²) in [4.78, 5) is 38.2. The van der Waals surface area contributed by atoms with Crippen molar-refractivity contribution in [3.8, 4) is 0 Å². The zero-order valence-electron chi connectivity index (χ0n) is 47.7. The second-order valence-corrected chi connectivity index (χ2v) is 20.6. The van der Waals surface area contributed by atoms with Gasteiger partial charge in [-0.25, -0.2) is 0 Å². The highest BCUT2D eigenvalue weighted by Gasteiger charge is 2.19. The predicted molar refractivity (Wildman–Crippen MR) is 311 cm³/mol. The monoisotopic (exact) mass is 1000 g/mol. The highest BCUT2D eigenvalue weighted by molar-refractivity contribution is 5.71. The molecule has 6 heteroatoms. The number of rotatable bonds is 56. The van der Waals surface area contributed by atoms with Crippen molar-refractivity contribution in [3.05, 3.63) is 72.9 Å². The Kier molecular flexibility index (Phi) is 57.8. The lowest BCUT2D eigenvalue weighted by atomic mass is 10.0. The molecule has 1 unspecified atom stereocenters. The molecule has 0 amide bonds. The third-order valence-corrected chi connectivity index (χ3v) is 13.4. The van der Waals surface area contributed by atoms with E-state index in [1.54, 1.807) is 0 Å². The molecule has 0 saturated carbocycles. The van der Waals surface area contributed by atoms with Gasteiger partial charge in [0.05, 0.1) is 0 Å². The largest absolute Gasteiger partial charge is 0.462 e. The Morgan fingerprint density at radius 1 is 0.292 bits per heavy atom. The lowest BCUT2D eigenvalue weighted by Gasteiger charge is -2.18. The van der Waals surface area contributed by atoms with Crippen LogP contribution < -0.4 is 0 Å². The number of ether oxygens (including phenoxy) is 3. The van der Waals surface area contributed by atoms with Gasteiger partial charge in [0.1, 0.15) is 13.2 Å². The molecule has 0 fully saturated rings. The number of hydrogen-bond acceptors (Lipinski definition) is 6. The van der Waals surface area contributed by atoms with Crippen molar-refractivity contribution in [3.63, 3.8) is 0 Å². The summed E-state index contributed by atoms with van der Waals surface area (Å²) in [6.07, 6.45) is 77.7. The molecular weight excluding hydrogens is 889 g/mol. The van der Waals surface area contributed by atoms with E-state index in [9.17, 15) is 14.4 Å². The zero-order chi connectivity index (χ0) is 52.2. The van der Waals surface area contributed by atoms with Crippen LogP contribution in [0.4, 0.5) is 0 Å². The fourth-order valence-corrected chi connectivity index (χ4v) is 8.82. The summed E-state index contributed by atoms with van der Waals surface area (Å²) in [5.41, 5.74) is 0. The van der Waals surface area contributed by atoms with Crippen molar-refractivity contribution in [1.29, 1.82) is 0 Å². The van der Waals surface area contributed by atoms with E-state index in [0.717, 1.165) is 96.3 Å². The van der Waals surface area contributed by atoms with Crippen LogP contribution in [0, 0.1) is 0 Å². The fourth-order valence-electron chi connectivity index (χ4n) is 8.82. The summed E-state index contributed by atoms with van der Waals surface area (Å²) in [5.74, 6) is -0.927. The summed E-state index contributed by atoms with van der Waals surface area (Å²) < 4.78 is 16.9. The Hall–Kier alpha value is -3.15. The van der Waals surface area contributed by atoms with E-state index in [4.69, 9.17) is 14.2 Å². The SMILES string of the molecule is CC/C=C\C/C=C\C/C=C\C/C=C\CCCCC(=O)OCC(COC(=O)CCCCCCCCCCCCCCCCCCCCCCCC)OC(=O)CCCCCCCCC/C=C\C/C=C\CCCCC. The number of hydrogen-bond donors (Lipinski definition) is 0. The van der Waals surface area contributed by atoms with Crippen molar-refractivity contribution in [2.45, 2.75) is 316 Å². The van der Waals surface area contributed by atoms with E-state index in [2.05, 4.69) is 93.7 Å². The quantitative estimate of drug-likeness (QED) is 0.0261. The highest BCUT2D eigenvalue weighted by atomic mass is 16.6. The van der Waals surface area contributed by atoms with Crippen LogP contribution in [0.3, 0.4) is 0 Å². The van der Waals surface area contributed by atoms with Crippen LogP contribution in [0.25, 0.3) is 0 Å². The van der Waals surface area contributed by atoms with Crippen LogP contribution in [0.5, 0.6) is 0 Å². The first-order valence-corrected chi connectivity index (χ1v) is 30.9. The molecule has 0 radical (unpaired) electrons. The molecule has 0 aromatic carbocycles. The first kappa shape index (κ1) is 68.8. The summed E-state index contributed by atoms with van der Waals surface area (Å²) >= 11 is 0. The van der Waals surface area contributed by atoms with E-state index >= 15 is 0 Å². The van der Waals surface area contributed by atoms with Gasteiger partial charge in [-0.15, -0.1) is 0 Å². The normalized spacial score (nSPS) is 12.5. The van der Waals surface area contributed by atoms with Gasteiger partial charge in [-0.2, -0.15) is 0 Å². The summed E-state index contributed by atoms with van der Waals surface area (Å²) in [7, 11) is 0. The smallest absolute Gasteiger partial charge is 0.306 e. The standard InChI is InChI=1S/C66H116O6/c1-4-7-10-13-16-19-22-25-28-30-31-32-33-34-36-38-41-44-47-50-53-56-59-65(68)71-62-63(61-70-64(67)58-55-52-49-46-43-40-37-27-24-21-18-15-12-9-6-3)72-66(69)60-57-54-51-48-45-42-39-35-29-26-23-20-17-14-11-8-5-2/h9,12,17-18,20-21,26-27,29,37,43,46,63H,4-8,10-11,13-16,19,22-25,28,30-36,38-42,44-45,47-62H2,1-3H3/b12-9-,20-17-,21-18-,29-26-,37-27-,46-43-. The van der Waals surface area contributed by atoms with Crippen LogP contribution >= 0.6 is 0 Å². The molecule has 0 aliphatic heterocycles. The Labute approximate surface area is 446 Å². The van der Waals surface area contributed by atoms with Gasteiger partial charge in [-0.1, -0.05) is 273 Å². The first-order chi connectivity index (χ1) is 35.5. The third-order valence-electron chi connectivity index (χ3n) is 13.4. The van der Waals surface area contributed by atoms with Gasteiger partial charge in [0, 0.05) is 19.3 Å². The van der Waals surface area contributed by atoms with Crippen LogP contribution in [0.15, 0.2) is 72.9 Å². The molecule has 0 aromatic rings. The lowest BCUT2D eigenvalue weighted by Crippen LogP contribution is -2.30. The van der Waals surface area contributed by atoms with Crippen LogP contribution in [-0.2, 0) is 28.6 Å². The highest BCUT2D eigenvalue weighted by Crippen LogP contribution is 2.17. The van der Waals surface area contributed by atoms with Gasteiger partial charge in [0.15, 0.2) is 6.10 Å². The summed E-state index contributed by atoms with van der Waals surface area (Å²) in [5, 5.41) is 0. The zero-order valence-corrected chi connectivity index (χ0v) is 47.7. The molecule has 72 heavy (non-hydrogen) atoms. The van der Waals surface area contributed by atoms with Crippen LogP contribution in [0.2, 0.25) is 0 Å². The van der Waals surface area contributed by atoms with Gasteiger partial charge in [-0.05, 0) is 89.9 Å².